The van der Waals surface area contributed by atoms with Crippen LogP contribution in [-0.2, 0) is 24.6 Å². The van der Waals surface area contributed by atoms with Gasteiger partial charge in [-0.1, -0.05) is 37.3 Å². The lowest BCUT2D eigenvalue weighted by atomic mass is 10.1. The molecule has 0 spiro atoms. The highest BCUT2D eigenvalue weighted by Crippen LogP contribution is 2.15. The first-order valence-corrected chi connectivity index (χ1v) is 8.90. The molecule has 0 saturated carbocycles. The number of amides is 2. The van der Waals surface area contributed by atoms with Gasteiger partial charge in [0.05, 0.1) is 18.4 Å². The number of nitrogens with zero attached hydrogens (tertiary/aromatic N) is 3. The summed E-state index contributed by atoms with van der Waals surface area (Å²) in [5, 5.41) is 7.32. The average molecular weight is 342 g/mol. The molecule has 2 aromatic rings. The molecule has 1 aliphatic heterocycles. The third kappa shape index (κ3) is 4.60. The molecule has 2 amide bonds. The van der Waals surface area contributed by atoms with Crippen molar-refractivity contribution in [2.24, 2.45) is 7.05 Å². The molecule has 6 nitrogen and oxygen atoms in total. The summed E-state index contributed by atoms with van der Waals surface area (Å²) < 4.78 is 7.55. The first-order chi connectivity index (χ1) is 12.2. The summed E-state index contributed by atoms with van der Waals surface area (Å²) in [6.45, 7) is 3.87. The van der Waals surface area contributed by atoms with E-state index in [1.54, 1.807) is 4.68 Å². The van der Waals surface area contributed by atoms with Crippen LogP contribution in [-0.4, -0.2) is 46.5 Å². The zero-order valence-electron chi connectivity index (χ0n) is 14.9. The number of anilines is 1. The second kappa shape index (κ2) is 8.16. The smallest absolute Gasteiger partial charge is 0.323 e. The molecule has 1 aromatic carbocycles. The zero-order valence-corrected chi connectivity index (χ0v) is 14.9. The van der Waals surface area contributed by atoms with Gasteiger partial charge >= 0.3 is 6.03 Å². The summed E-state index contributed by atoms with van der Waals surface area (Å²) in [6.07, 6.45) is 2.81. The SMILES string of the molecule is CCc1cc(NC(=O)N2CCO[C@@H](CCc3ccccc3)C2)n(C)n1. The van der Waals surface area contributed by atoms with Crippen LogP contribution in [0.5, 0.6) is 0 Å². The van der Waals surface area contributed by atoms with Crippen molar-refractivity contribution in [1.29, 1.82) is 0 Å². The van der Waals surface area contributed by atoms with Crippen LogP contribution in [0.15, 0.2) is 36.4 Å². The predicted molar refractivity (Wildman–Crippen MR) is 97.7 cm³/mol. The minimum atomic E-state index is -0.0846. The number of morpholine rings is 1. The Morgan fingerprint density at radius 1 is 1.36 bits per heavy atom. The fourth-order valence-electron chi connectivity index (χ4n) is 3.06. The van der Waals surface area contributed by atoms with E-state index >= 15 is 0 Å². The van der Waals surface area contributed by atoms with Gasteiger partial charge < -0.3 is 9.64 Å². The van der Waals surface area contributed by atoms with E-state index in [1.807, 2.05) is 31.0 Å². The molecule has 0 unspecified atom stereocenters. The summed E-state index contributed by atoms with van der Waals surface area (Å²) in [6, 6.07) is 12.2. The Balaban J connectivity index is 1.53. The van der Waals surface area contributed by atoms with Gasteiger partial charge in [0.15, 0.2) is 0 Å². The number of rotatable bonds is 5. The molecular weight excluding hydrogens is 316 g/mol. The Hall–Kier alpha value is -2.34. The Morgan fingerprint density at radius 2 is 2.16 bits per heavy atom. The van der Waals surface area contributed by atoms with Gasteiger partial charge in [-0.05, 0) is 24.8 Å². The fraction of sp³-hybridized carbons (Fsp3) is 0.474. The number of aryl methyl sites for hydroxylation is 3. The first-order valence-electron chi connectivity index (χ1n) is 8.90. The highest BCUT2D eigenvalue weighted by atomic mass is 16.5. The molecule has 3 rings (SSSR count). The van der Waals surface area contributed by atoms with Crippen LogP contribution in [0, 0.1) is 0 Å². The Kier molecular flexibility index (Phi) is 5.71. The van der Waals surface area contributed by atoms with Gasteiger partial charge in [-0.25, -0.2) is 4.79 Å². The van der Waals surface area contributed by atoms with Crippen LogP contribution in [0.1, 0.15) is 24.6 Å². The molecule has 0 aliphatic carbocycles. The predicted octanol–water partition coefficient (Wildman–Crippen LogP) is 2.85. The average Bonchev–Trinajstić information content (AvgIpc) is 3.01. The van der Waals surface area contributed by atoms with E-state index in [9.17, 15) is 4.79 Å². The highest BCUT2D eigenvalue weighted by Gasteiger charge is 2.24. The first kappa shape index (κ1) is 17.5. The number of carbonyl (C=O) groups excluding carboxylic acids is 1. The van der Waals surface area contributed by atoms with E-state index in [0.29, 0.717) is 19.7 Å². The van der Waals surface area contributed by atoms with E-state index in [-0.39, 0.29) is 12.1 Å². The second-order valence-corrected chi connectivity index (χ2v) is 6.39. The molecule has 0 radical (unpaired) electrons. The van der Waals surface area contributed by atoms with Gasteiger partial charge in [-0.3, -0.25) is 10.00 Å². The lowest BCUT2D eigenvalue weighted by molar-refractivity contribution is -0.0157. The molecular formula is C19H26N4O2. The summed E-state index contributed by atoms with van der Waals surface area (Å²) >= 11 is 0. The third-order valence-corrected chi connectivity index (χ3v) is 4.55. The number of ether oxygens (including phenoxy) is 1. The maximum atomic E-state index is 12.6. The van der Waals surface area contributed by atoms with E-state index in [0.717, 1.165) is 30.8 Å². The summed E-state index contributed by atoms with van der Waals surface area (Å²) in [5.41, 5.74) is 2.27. The topological polar surface area (TPSA) is 59.4 Å². The van der Waals surface area contributed by atoms with Crippen LogP contribution in [0.25, 0.3) is 0 Å². The van der Waals surface area contributed by atoms with Crippen LogP contribution in [0.2, 0.25) is 0 Å². The molecule has 1 N–H and O–H groups in total. The van der Waals surface area contributed by atoms with Crippen molar-refractivity contribution in [2.75, 3.05) is 25.0 Å². The van der Waals surface area contributed by atoms with Crippen molar-refractivity contribution >= 4 is 11.8 Å². The Labute approximate surface area is 148 Å². The molecule has 1 aromatic heterocycles. The maximum absolute atomic E-state index is 12.6. The molecule has 25 heavy (non-hydrogen) atoms. The van der Waals surface area contributed by atoms with Gasteiger partial charge in [0, 0.05) is 26.2 Å². The third-order valence-electron chi connectivity index (χ3n) is 4.55. The van der Waals surface area contributed by atoms with Crippen LogP contribution < -0.4 is 5.32 Å². The van der Waals surface area contributed by atoms with E-state index < -0.39 is 0 Å². The number of nitrogens with one attached hydrogen (secondary N) is 1. The van der Waals surface area contributed by atoms with Gasteiger partial charge in [-0.2, -0.15) is 5.10 Å². The number of aromatic nitrogens is 2. The van der Waals surface area contributed by atoms with Gasteiger partial charge in [0.25, 0.3) is 0 Å². The quantitative estimate of drug-likeness (QED) is 0.909. The molecule has 1 fully saturated rings. The summed E-state index contributed by atoms with van der Waals surface area (Å²) in [7, 11) is 1.84. The second-order valence-electron chi connectivity index (χ2n) is 6.39. The lowest BCUT2D eigenvalue weighted by Crippen LogP contribution is -2.47. The fourth-order valence-corrected chi connectivity index (χ4v) is 3.06. The molecule has 1 atom stereocenters. The van der Waals surface area contributed by atoms with Crippen LogP contribution in [0.3, 0.4) is 0 Å². The largest absolute Gasteiger partial charge is 0.375 e. The van der Waals surface area contributed by atoms with Crippen molar-refractivity contribution in [2.45, 2.75) is 32.3 Å². The van der Waals surface area contributed by atoms with Crippen molar-refractivity contribution < 1.29 is 9.53 Å². The number of hydrogen-bond acceptors (Lipinski definition) is 3. The molecule has 134 valence electrons. The Morgan fingerprint density at radius 3 is 2.88 bits per heavy atom. The minimum Gasteiger partial charge on any atom is -0.375 e. The number of hydrogen-bond donors (Lipinski definition) is 1. The Bertz CT molecular complexity index is 699. The summed E-state index contributed by atoms with van der Waals surface area (Å²) in [4.78, 5) is 14.4. The maximum Gasteiger partial charge on any atom is 0.323 e. The summed E-state index contributed by atoms with van der Waals surface area (Å²) in [5.74, 6) is 0.731. The van der Waals surface area contributed by atoms with E-state index in [1.165, 1.54) is 5.56 Å². The van der Waals surface area contributed by atoms with Crippen LogP contribution in [0.4, 0.5) is 10.6 Å². The number of carbonyl (C=O) groups is 1. The molecule has 1 saturated heterocycles. The minimum absolute atomic E-state index is 0.0810. The lowest BCUT2D eigenvalue weighted by Gasteiger charge is -2.33. The molecule has 0 bridgehead atoms. The highest BCUT2D eigenvalue weighted by molar-refractivity contribution is 5.88. The number of urea groups is 1. The van der Waals surface area contributed by atoms with Crippen molar-refractivity contribution in [3.8, 4) is 0 Å². The molecule has 1 aliphatic rings. The number of benzene rings is 1. The standard InChI is InChI=1S/C19H26N4O2/c1-3-16-13-18(22(2)21-16)20-19(24)23-11-12-25-17(14-23)10-9-15-7-5-4-6-8-15/h4-8,13,17H,3,9-12,14H2,1-2H3,(H,20,24)/t17-/m0/s1. The normalized spacial score (nSPS) is 17.5. The van der Waals surface area contributed by atoms with Gasteiger partial charge in [0.1, 0.15) is 5.82 Å². The zero-order chi connectivity index (χ0) is 17.6. The van der Waals surface area contributed by atoms with E-state index in [2.05, 4.69) is 34.7 Å². The monoisotopic (exact) mass is 342 g/mol. The van der Waals surface area contributed by atoms with Crippen molar-refractivity contribution in [3.05, 3.63) is 47.7 Å². The van der Waals surface area contributed by atoms with Crippen LogP contribution >= 0.6 is 0 Å². The van der Waals surface area contributed by atoms with Crippen molar-refractivity contribution in [3.63, 3.8) is 0 Å². The van der Waals surface area contributed by atoms with Gasteiger partial charge in [0.2, 0.25) is 0 Å². The van der Waals surface area contributed by atoms with Gasteiger partial charge in [-0.15, -0.1) is 0 Å². The molecule has 2 heterocycles. The molecule has 6 heteroatoms. The van der Waals surface area contributed by atoms with E-state index in [4.69, 9.17) is 4.74 Å². The van der Waals surface area contributed by atoms with Crippen molar-refractivity contribution in [1.82, 2.24) is 14.7 Å².